The molecule has 0 aliphatic rings. The molecule has 0 amide bonds. The first-order valence-corrected chi connectivity index (χ1v) is 5.50. The van der Waals surface area contributed by atoms with Crippen molar-refractivity contribution >= 4 is 17.1 Å². The second-order valence-electron chi connectivity index (χ2n) is 4.29. The lowest BCUT2D eigenvalue weighted by molar-refractivity contribution is 1.13. The second kappa shape index (κ2) is 4.37. The molecule has 3 heteroatoms. The maximum atomic E-state index is 5.82. The molecule has 3 nitrogen and oxygen atoms in total. The molecule has 0 radical (unpaired) electrons. The van der Waals surface area contributed by atoms with Gasteiger partial charge in [0.2, 0.25) is 0 Å². The molecule has 88 valence electrons. The summed E-state index contributed by atoms with van der Waals surface area (Å²) in [4.78, 5) is 2.06. The highest BCUT2D eigenvalue weighted by Crippen LogP contribution is 2.31. The van der Waals surface area contributed by atoms with Crippen molar-refractivity contribution < 1.29 is 0 Å². The van der Waals surface area contributed by atoms with Crippen LogP contribution in [0, 0.1) is 0 Å². The van der Waals surface area contributed by atoms with Gasteiger partial charge in [0.1, 0.15) is 0 Å². The summed E-state index contributed by atoms with van der Waals surface area (Å²) in [5, 5.41) is 0. The van der Waals surface area contributed by atoms with Crippen LogP contribution in [0.15, 0.2) is 42.5 Å². The monoisotopic (exact) mass is 227 g/mol. The summed E-state index contributed by atoms with van der Waals surface area (Å²) in [5.41, 5.74) is 16.5. The summed E-state index contributed by atoms with van der Waals surface area (Å²) in [5.74, 6) is 0. The zero-order valence-electron chi connectivity index (χ0n) is 10.1. The van der Waals surface area contributed by atoms with Crippen LogP contribution in [0.1, 0.15) is 0 Å². The molecule has 0 aromatic heterocycles. The predicted molar refractivity (Wildman–Crippen MR) is 75.0 cm³/mol. The van der Waals surface area contributed by atoms with Gasteiger partial charge in [-0.05, 0) is 29.8 Å². The second-order valence-corrected chi connectivity index (χ2v) is 4.29. The molecular formula is C14H17N3. The van der Waals surface area contributed by atoms with Crippen LogP contribution in [0.3, 0.4) is 0 Å². The Morgan fingerprint density at radius 3 is 2.00 bits per heavy atom. The third-order valence-electron chi connectivity index (χ3n) is 2.73. The first-order chi connectivity index (χ1) is 8.08. The third-order valence-corrected chi connectivity index (χ3v) is 2.73. The number of rotatable bonds is 2. The lowest BCUT2D eigenvalue weighted by Gasteiger charge is -2.18. The summed E-state index contributed by atoms with van der Waals surface area (Å²) in [6, 6.07) is 13.8. The van der Waals surface area contributed by atoms with Crippen molar-refractivity contribution in [1.29, 1.82) is 0 Å². The lowest BCUT2D eigenvalue weighted by atomic mass is 10.0. The van der Waals surface area contributed by atoms with Gasteiger partial charge in [-0.2, -0.15) is 0 Å². The molecule has 0 aliphatic heterocycles. The Balaban J connectivity index is 2.54. The van der Waals surface area contributed by atoms with Crippen LogP contribution >= 0.6 is 0 Å². The van der Waals surface area contributed by atoms with Crippen LogP contribution in [0.4, 0.5) is 17.1 Å². The van der Waals surface area contributed by atoms with Gasteiger partial charge in [0.15, 0.2) is 0 Å². The average Bonchev–Trinajstić information content (AvgIpc) is 2.30. The Kier molecular flexibility index (Phi) is 2.91. The Morgan fingerprint density at radius 2 is 1.41 bits per heavy atom. The Bertz CT molecular complexity index is 515. The minimum absolute atomic E-state index is 0.771. The smallest absolute Gasteiger partial charge is 0.0461 e. The summed E-state index contributed by atoms with van der Waals surface area (Å²) < 4.78 is 0. The molecule has 0 unspecified atom stereocenters. The fourth-order valence-electron chi connectivity index (χ4n) is 1.83. The molecule has 2 aromatic rings. The molecule has 0 spiro atoms. The average molecular weight is 227 g/mol. The third kappa shape index (κ3) is 2.33. The van der Waals surface area contributed by atoms with Crippen LogP contribution in [0.5, 0.6) is 0 Å². The number of hydrogen-bond acceptors (Lipinski definition) is 3. The molecular weight excluding hydrogens is 210 g/mol. The summed E-state index contributed by atoms with van der Waals surface area (Å²) in [7, 11) is 4.02. The van der Waals surface area contributed by atoms with Crippen LogP contribution < -0.4 is 16.4 Å². The molecule has 4 N–H and O–H groups in total. The minimum atomic E-state index is 0.771. The molecule has 0 saturated heterocycles. The fraction of sp³-hybridized carbons (Fsp3) is 0.143. The maximum absolute atomic E-state index is 5.82. The Morgan fingerprint density at radius 1 is 0.824 bits per heavy atom. The van der Waals surface area contributed by atoms with Gasteiger partial charge >= 0.3 is 0 Å². The summed E-state index contributed by atoms with van der Waals surface area (Å²) >= 11 is 0. The number of nitrogen functional groups attached to an aromatic ring is 2. The van der Waals surface area contributed by atoms with Crippen molar-refractivity contribution in [2.45, 2.75) is 0 Å². The van der Waals surface area contributed by atoms with Crippen LogP contribution in [-0.2, 0) is 0 Å². The van der Waals surface area contributed by atoms with E-state index >= 15 is 0 Å². The van der Waals surface area contributed by atoms with E-state index in [1.54, 1.807) is 0 Å². The quantitative estimate of drug-likeness (QED) is 0.775. The van der Waals surface area contributed by atoms with Crippen LogP contribution in [0.2, 0.25) is 0 Å². The molecule has 17 heavy (non-hydrogen) atoms. The van der Waals surface area contributed by atoms with Crippen molar-refractivity contribution in [2.75, 3.05) is 30.5 Å². The minimum Gasteiger partial charge on any atom is -0.399 e. The summed E-state index contributed by atoms with van der Waals surface area (Å²) in [6.07, 6.45) is 0. The Labute approximate surface area is 102 Å². The van der Waals surface area contributed by atoms with Crippen molar-refractivity contribution in [1.82, 2.24) is 0 Å². The number of anilines is 3. The summed E-state index contributed by atoms with van der Waals surface area (Å²) in [6.45, 7) is 0. The van der Waals surface area contributed by atoms with Crippen LogP contribution in [0.25, 0.3) is 11.1 Å². The first-order valence-electron chi connectivity index (χ1n) is 5.50. The van der Waals surface area contributed by atoms with E-state index in [4.69, 9.17) is 11.5 Å². The highest BCUT2D eigenvalue weighted by Gasteiger charge is 2.07. The van der Waals surface area contributed by atoms with E-state index in [-0.39, 0.29) is 0 Å². The van der Waals surface area contributed by atoms with Crippen molar-refractivity contribution in [3.63, 3.8) is 0 Å². The molecule has 0 bridgehead atoms. The van der Waals surface area contributed by atoms with E-state index in [1.807, 2.05) is 56.6 Å². The molecule has 0 saturated carbocycles. The molecule has 2 rings (SSSR count). The van der Waals surface area contributed by atoms with Crippen LogP contribution in [-0.4, -0.2) is 14.1 Å². The topological polar surface area (TPSA) is 55.3 Å². The normalized spacial score (nSPS) is 10.2. The van der Waals surface area contributed by atoms with Crippen molar-refractivity contribution in [3.05, 3.63) is 42.5 Å². The SMILES string of the molecule is CN(C)c1cc(N)ccc1-c1ccc(N)cc1. The molecule has 0 aliphatic carbocycles. The number of benzene rings is 2. The number of nitrogens with zero attached hydrogens (tertiary/aromatic N) is 1. The van der Waals surface area contributed by atoms with E-state index in [0.717, 1.165) is 28.2 Å². The van der Waals surface area contributed by atoms with Gasteiger partial charge in [-0.1, -0.05) is 18.2 Å². The van der Waals surface area contributed by atoms with Crippen molar-refractivity contribution in [3.8, 4) is 11.1 Å². The van der Waals surface area contributed by atoms with Gasteiger partial charge < -0.3 is 16.4 Å². The Hall–Kier alpha value is -2.16. The zero-order valence-corrected chi connectivity index (χ0v) is 10.1. The van der Waals surface area contributed by atoms with Gasteiger partial charge in [0.25, 0.3) is 0 Å². The standard InChI is InChI=1S/C14H17N3/c1-17(2)14-9-12(16)7-8-13(14)10-3-5-11(15)6-4-10/h3-9H,15-16H2,1-2H3. The zero-order chi connectivity index (χ0) is 12.4. The number of nitrogens with two attached hydrogens (primary N) is 2. The molecule has 0 fully saturated rings. The van der Waals surface area contributed by atoms with Gasteiger partial charge in [-0.25, -0.2) is 0 Å². The van der Waals surface area contributed by atoms with Gasteiger partial charge in [0.05, 0.1) is 0 Å². The highest BCUT2D eigenvalue weighted by molar-refractivity contribution is 5.81. The lowest BCUT2D eigenvalue weighted by Crippen LogP contribution is -2.10. The number of hydrogen-bond donors (Lipinski definition) is 2. The molecule has 0 atom stereocenters. The van der Waals surface area contributed by atoms with E-state index in [0.29, 0.717) is 0 Å². The fourth-order valence-corrected chi connectivity index (χ4v) is 1.83. The van der Waals surface area contributed by atoms with E-state index < -0.39 is 0 Å². The van der Waals surface area contributed by atoms with E-state index in [1.165, 1.54) is 0 Å². The molecule has 0 heterocycles. The van der Waals surface area contributed by atoms with E-state index in [9.17, 15) is 0 Å². The molecule has 2 aromatic carbocycles. The van der Waals surface area contributed by atoms with E-state index in [2.05, 4.69) is 4.90 Å². The first kappa shape index (κ1) is 11.3. The van der Waals surface area contributed by atoms with Gasteiger partial charge in [0, 0.05) is 36.7 Å². The predicted octanol–water partition coefficient (Wildman–Crippen LogP) is 2.58. The maximum Gasteiger partial charge on any atom is 0.0461 e. The van der Waals surface area contributed by atoms with Crippen molar-refractivity contribution in [2.24, 2.45) is 0 Å². The largest absolute Gasteiger partial charge is 0.399 e. The van der Waals surface area contributed by atoms with Gasteiger partial charge in [-0.15, -0.1) is 0 Å². The highest BCUT2D eigenvalue weighted by atomic mass is 15.1. The van der Waals surface area contributed by atoms with Gasteiger partial charge in [-0.3, -0.25) is 0 Å².